The van der Waals surface area contributed by atoms with Crippen LogP contribution in [0.2, 0.25) is 0 Å². The Morgan fingerprint density at radius 2 is 1.03 bits per heavy atom. The highest BCUT2D eigenvalue weighted by Crippen LogP contribution is 2.71. The Hall–Kier alpha value is 4.56. The van der Waals surface area contributed by atoms with Gasteiger partial charge >= 0.3 is 0 Å². The first-order chi connectivity index (χ1) is 13.0. The lowest BCUT2D eigenvalue weighted by molar-refractivity contribution is 0.105. The van der Waals surface area contributed by atoms with Gasteiger partial charge in [-0.3, -0.25) is 0 Å². The van der Waals surface area contributed by atoms with Gasteiger partial charge in [-0.15, -0.1) is 23.2 Å². The number of hydrogen-bond acceptors (Lipinski definition) is 2. The van der Waals surface area contributed by atoms with E-state index in [1.807, 2.05) is 0 Å². The van der Waals surface area contributed by atoms with Gasteiger partial charge in [0.15, 0.2) is 30.3 Å². The summed E-state index contributed by atoms with van der Waals surface area (Å²) >= 11 is 98.8. The van der Waals surface area contributed by atoms with Crippen LogP contribution in [-0.4, -0.2) is 61.1 Å². The summed E-state index contributed by atoms with van der Waals surface area (Å²) in [5, 5.41) is 0. The van der Waals surface area contributed by atoms with Gasteiger partial charge in [-0.25, -0.2) is 0 Å². The molecule has 1 fully saturated rings. The predicted molar refractivity (Wildman–Crippen MR) is 137 cm³/mol. The fourth-order valence-corrected chi connectivity index (χ4v) is 6.63. The van der Waals surface area contributed by atoms with Gasteiger partial charge in [-0.05, 0) is 0 Å². The lowest BCUT2D eigenvalue weighted by Gasteiger charge is -2.53. The lowest BCUT2D eigenvalue weighted by atomic mass is 10.0. The van der Waals surface area contributed by atoms with Crippen molar-refractivity contribution in [2.24, 2.45) is 0 Å². The Labute approximate surface area is 253 Å². The molecular formula is C12H8Cl16O2. The highest BCUT2D eigenvalue weighted by molar-refractivity contribution is 6.80. The van der Waals surface area contributed by atoms with E-state index in [9.17, 15) is 0 Å². The zero-order valence-corrected chi connectivity index (χ0v) is 25.7. The van der Waals surface area contributed by atoms with Gasteiger partial charge in [0.2, 0.25) is 0 Å². The first-order valence-electron chi connectivity index (χ1n) is 7.14. The Morgan fingerprint density at radius 1 is 0.667 bits per heavy atom. The van der Waals surface area contributed by atoms with Crippen LogP contribution < -0.4 is 0 Å². The van der Waals surface area contributed by atoms with Crippen molar-refractivity contribution in [3.05, 3.63) is 0 Å². The summed E-state index contributed by atoms with van der Waals surface area (Å²) in [5.74, 6) is 0. The van der Waals surface area contributed by atoms with Gasteiger partial charge in [0.25, 0.3) is 0 Å². The van der Waals surface area contributed by atoms with Crippen molar-refractivity contribution < 1.29 is 9.47 Å². The maximum absolute atomic E-state index is 6.33. The number of ether oxygens (including phenoxy) is 2. The van der Waals surface area contributed by atoms with Crippen molar-refractivity contribution in [2.75, 3.05) is 19.8 Å². The van der Waals surface area contributed by atoms with Crippen LogP contribution in [0.4, 0.5) is 0 Å². The van der Waals surface area contributed by atoms with E-state index in [0.717, 1.165) is 0 Å². The molecular weight excluding hydrogens is 743 g/mol. The Morgan fingerprint density at radius 3 is 1.40 bits per heavy atom. The quantitative estimate of drug-likeness (QED) is 0.155. The molecule has 0 aromatic heterocycles. The van der Waals surface area contributed by atoms with Gasteiger partial charge in [0.05, 0.1) is 19.8 Å². The minimum Gasteiger partial charge on any atom is -0.375 e. The van der Waals surface area contributed by atoms with Crippen molar-refractivity contribution >= 4 is 186 Å². The second kappa shape index (κ2) is 10.7. The van der Waals surface area contributed by atoms with Gasteiger partial charge in [-0.1, -0.05) is 162 Å². The molecule has 0 amide bonds. The zero-order chi connectivity index (χ0) is 24.2. The molecule has 0 aromatic rings. The van der Waals surface area contributed by atoms with E-state index in [0.29, 0.717) is 6.61 Å². The number of alkyl halides is 16. The Bertz CT molecular complexity index is 611. The van der Waals surface area contributed by atoms with Crippen LogP contribution >= 0.6 is 186 Å². The summed E-state index contributed by atoms with van der Waals surface area (Å²) < 4.78 is -8.42. The van der Waals surface area contributed by atoms with Crippen LogP contribution in [0, 0.1) is 0 Å². The van der Waals surface area contributed by atoms with E-state index in [-0.39, 0.29) is 12.7 Å². The molecule has 18 heteroatoms. The van der Waals surface area contributed by atoms with Gasteiger partial charge in [0, 0.05) is 0 Å². The predicted octanol–water partition coefficient (Wildman–Crippen LogP) is 9.42. The molecule has 1 unspecified atom stereocenters. The molecule has 0 aliphatic carbocycles. The minimum atomic E-state index is -2.90. The molecule has 0 bridgehead atoms. The smallest absolute Gasteiger partial charge is 0.189 e. The first kappa shape index (κ1) is 32.6. The van der Waals surface area contributed by atoms with Crippen LogP contribution in [-0.2, 0) is 9.47 Å². The molecule has 1 atom stereocenters. The minimum absolute atomic E-state index is 0.128. The first-order valence-corrected chi connectivity index (χ1v) is 13.3. The third-order valence-corrected chi connectivity index (χ3v) is 14.7. The van der Waals surface area contributed by atoms with Crippen molar-refractivity contribution in [2.45, 2.75) is 41.3 Å². The molecule has 30 heavy (non-hydrogen) atoms. The van der Waals surface area contributed by atoms with E-state index >= 15 is 0 Å². The molecule has 0 spiro atoms. The number of hydrogen-bond donors (Lipinski definition) is 0. The highest BCUT2D eigenvalue weighted by Gasteiger charge is 2.79. The molecule has 0 N–H and O–H groups in total. The van der Waals surface area contributed by atoms with Crippen LogP contribution in [0.5, 0.6) is 0 Å². The Balaban J connectivity index is 3.34. The average Bonchev–Trinajstić information content (AvgIpc) is 3.37. The number of halogens is 16. The van der Waals surface area contributed by atoms with Crippen LogP contribution in [0.1, 0.15) is 0 Å². The molecule has 0 aromatic carbocycles. The normalized spacial score (nSPS) is 20.1. The summed E-state index contributed by atoms with van der Waals surface area (Å²) in [6.07, 6.45) is -0.128. The van der Waals surface area contributed by atoms with E-state index in [1.54, 1.807) is 0 Å². The van der Waals surface area contributed by atoms with Crippen LogP contribution in [0.25, 0.3) is 0 Å². The SMILES string of the molecule is ClC(Cl)C(Cl)(Cl)C(Cl)(Cl)C(Cl)(Cl)C(Cl)(Cl)C(Cl)(Cl)C(Cl)(Cl)C(Cl)(Cl)COCC1CO1. The summed E-state index contributed by atoms with van der Waals surface area (Å²) in [7, 11) is 0. The van der Waals surface area contributed by atoms with Crippen LogP contribution in [0.3, 0.4) is 0 Å². The third-order valence-electron chi connectivity index (χ3n) is 3.72. The average molecular weight is 751 g/mol. The van der Waals surface area contributed by atoms with Crippen molar-refractivity contribution in [3.63, 3.8) is 0 Å². The molecule has 180 valence electrons. The van der Waals surface area contributed by atoms with E-state index < -0.39 is 41.8 Å². The summed E-state index contributed by atoms with van der Waals surface area (Å²) in [6.45, 7) is 0.130. The van der Waals surface area contributed by atoms with Crippen molar-refractivity contribution in [3.8, 4) is 0 Å². The highest BCUT2D eigenvalue weighted by atomic mass is 35.6. The second-order valence-electron chi connectivity index (χ2n) is 5.97. The zero-order valence-electron chi connectivity index (χ0n) is 13.6. The molecule has 2 nitrogen and oxygen atoms in total. The van der Waals surface area contributed by atoms with Gasteiger partial charge < -0.3 is 9.47 Å². The molecule has 0 saturated carbocycles. The number of epoxide rings is 1. The summed E-state index contributed by atoms with van der Waals surface area (Å²) in [6, 6.07) is 0. The molecule has 1 saturated heterocycles. The van der Waals surface area contributed by atoms with E-state index in [2.05, 4.69) is 0 Å². The van der Waals surface area contributed by atoms with Gasteiger partial charge in [-0.2, -0.15) is 0 Å². The fourth-order valence-electron chi connectivity index (χ4n) is 1.74. The number of rotatable bonds is 11. The van der Waals surface area contributed by atoms with Crippen molar-refractivity contribution in [1.29, 1.82) is 0 Å². The molecule has 1 aliphatic heterocycles. The topological polar surface area (TPSA) is 21.8 Å². The lowest BCUT2D eigenvalue weighted by Crippen LogP contribution is -2.69. The van der Waals surface area contributed by atoms with Crippen LogP contribution in [0.15, 0.2) is 0 Å². The summed E-state index contributed by atoms with van der Waals surface area (Å²) in [4.78, 5) is -1.66. The molecule has 1 aliphatic rings. The summed E-state index contributed by atoms with van der Waals surface area (Å²) in [5.41, 5.74) is 0. The molecule has 1 rings (SSSR count). The standard InChI is InChI=1S/C12H8Cl16O2/c13-5(14)7(17,18)9(21,22)11(25,26)12(27,28)10(23,24)8(19,20)6(15,16)3-29-1-4-2-30-4/h4-5H,1-3H2. The monoisotopic (exact) mass is 744 g/mol. The molecule has 0 radical (unpaired) electrons. The maximum atomic E-state index is 6.33. The van der Waals surface area contributed by atoms with Gasteiger partial charge in [0.1, 0.15) is 10.9 Å². The Kier molecular flexibility index (Phi) is 11.7. The largest absolute Gasteiger partial charge is 0.375 e. The van der Waals surface area contributed by atoms with Crippen molar-refractivity contribution in [1.82, 2.24) is 0 Å². The maximum Gasteiger partial charge on any atom is 0.189 e. The third kappa shape index (κ3) is 5.83. The molecule has 1 heterocycles. The van der Waals surface area contributed by atoms with E-state index in [4.69, 9.17) is 195 Å². The fraction of sp³-hybridized carbons (Fsp3) is 1.00. The van der Waals surface area contributed by atoms with E-state index in [1.165, 1.54) is 0 Å². The second-order valence-corrected chi connectivity index (χ2v) is 16.6.